The van der Waals surface area contributed by atoms with Crippen molar-refractivity contribution in [1.29, 1.82) is 0 Å². The summed E-state index contributed by atoms with van der Waals surface area (Å²) < 4.78 is 0. The summed E-state index contributed by atoms with van der Waals surface area (Å²) in [5, 5.41) is 3.40. The lowest BCUT2D eigenvalue weighted by Gasteiger charge is -2.06. The Morgan fingerprint density at radius 2 is 1.71 bits per heavy atom. The number of nitrogens with one attached hydrogen (secondary N) is 1. The molecule has 0 radical (unpaired) electrons. The molecule has 2 aromatic rings. The lowest BCUT2D eigenvalue weighted by Crippen LogP contribution is -2.11. The van der Waals surface area contributed by atoms with Crippen LogP contribution in [0.2, 0.25) is 0 Å². The van der Waals surface area contributed by atoms with Gasteiger partial charge >= 0.3 is 0 Å². The predicted octanol–water partition coefficient (Wildman–Crippen LogP) is 2.70. The van der Waals surface area contributed by atoms with Crippen molar-refractivity contribution in [3.8, 4) is 0 Å². The highest BCUT2D eigenvalue weighted by molar-refractivity contribution is 5.17. The van der Waals surface area contributed by atoms with Crippen molar-refractivity contribution in [2.24, 2.45) is 0 Å². The van der Waals surface area contributed by atoms with Crippen LogP contribution in [0.25, 0.3) is 0 Å². The molecule has 0 aliphatic heterocycles. The minimum atomic E-state index is 0.937. The molecule has 1 N–H and O–H groups in total. The fourth-order valence-electron chi connectivity index (χ4n) is 1.48. The molecule has 0 heterocycles. The smallest absolute Gasteiger partial charge is 0.0197 e. The normalized spacial score (nSPS) is 10.3. The van der Waals surface area contributed by atoms with Crippen molar-refractivity contribution < 1.29 is 0 Å². The van der Waals surface area contributed by atoms with Crippen molar-refractivity contribution in [2.75, 3.05) is 0 Å². The van der Waals surface area contributed by atoms with Gasteiger partial charge in [0.1, 0.15) is 0 Å². The van der Waals surface area contributed by atoms with E-state index in [-0.39, 0.29) is 0 Å². The number of rotatable bonds is 4. The van der Waals surface area contributed by atoms with E-state index >= 15 is 0 Å². The van der Waals surface area contributed by atoms with Gasteiger partial charge in [0, 0.05) is 6.54 Å². The largest absolute Gasteiger partial charge is 0.321 e. The fourth-order valence-corrected chi connectivity index (χ4v) is 1.48. The monoisotopic (exact) mass is 184 g/mol. The van der Waals surface area contributed by atoms with E-state index in [9.17, 15) is 0 Å². The molecule has 0 aliphatic rings. The SMILES string of the molecule is c1ccc(CNCc2cc[cH-]c2)cc1. The highest BCUT2D eigenvalue weighted by Gasteiger charge is 1.88. The molecule has 0 saturated heterocycles. The van der Waals surface area contributed by atoms with E-state index in [2.05, 4.69) is 53.8 Å². The molecule has 0 unspecified atom stereocenters. The third-order valence-corrected chi connectivity index (χ3v) is 2.23. The molecule has 0 saturated carbocycles. The highest BCUT2D eigenvalue weighted by Crippen LogP contribution is 2.01. The molecule has 2 aromatic carbocycles. The molecule has 0 spiro atoms. The van der Waals surface area contributed by atoms with Crippen molar-refractivity contribution in [3.05, 3.63) is 65.7 Å². The summed E-state index contributed by atoms with van der Waals surface area (Å²) in [6.07, 6.45) is 0. The number of hydrogen-bond acceptors (Lipinski definition) is 1. The Hall–Kier alpha value is -1.47. The maximum Gasteiger partial charge on any atom is 0.0197 e. The van der Waals surface area contributed by atoms with E-state index in [1.807, 2.05) is 6.07 Å². The van der Waals surface area contributed by atoms with Crippen LogP contribution < -0.4 is 5.32 Å². The number of hydrogen-bond donors (Lipinski definition) is 1. The third kappa shape index (κ3) is 2.51. The van der Waals surface area contributed by atoms with Crippen LogP contribution in [0.15, 0.2) is 54.6 Å². The van der Waals surface area contributed by atoms with Crippen LogP contribution in [0.3, 0.4) is 0 Å². The molecule has 72 valence electrons. The van der Waals surface area contributed by atoms with Crippen LogP contribution in [-0.4, -0.2) is 0 Å². The first-order chi connectivity index (χ1) is 6.95. The minimum Gasteiger partial charge on any atom is -0.321 e. The van der Waals surface area contributed by atoms with Crippen LogP contribution in [0, 0.1) is 0 Å². The molecule has 2 rings (SSSR count). The van der Waals surface area contributed by atoms with Gasteiger partial charge in [-0.05, 0) is 12.1 Å². The minimum absolute atomic E-state index is 0.937. The van der Waals surface area contributed by atoms with Gasteiger partial charge in [0.2, 0.25) is 0 Å². The Kier molecular flexibility index (Phi) is 3.04. The zero-order valence-corrected chi connectivity index (χ0v) is 8.11. The van der Waals surface area contributed by atoms with Crippen molar-refractivity contribution in [2.45, 2.75) is 13.1 Å². The average molecular weight is 184 g/mol. The quantitative estimate of drug-likeness (QED) is 0.720. The zero-order valence-electron chi connectivity index (χ0n) is 8.11. The Bertz CT molecular complexity index is 348. The number of benzene rings is 1. The lowest BCUT2D eigenvalue weighted by atomic mass is 10.2. The van der Waals surface area contributed by atoms with Crippen molar-refractivity contribution in [1.82, 2.24) is 5.32 Å². The summed E-state index contributed by atoms with van der Waals surface area (Å²) in [7, 11) is 0. The summed E-state index contributed by atoms with van der Waals surface area (Å²) in [5.74, 6) is 0. The second kappa shape index (κ2) is 4.68. The molecule has 14 heavy (non-hydrogen) atoms. The van der Waals surface area contributed by atoms with Crippen molar-refractivity contribution in [3.63, 3.8) is 0 Å². The van der Waals surface area contributed by atoms with Crippen LogP contribution in [-0.2, 0) is 13.1 Å². The molecule has 1 nitrogen and oxygen atoms in total. The van der Waals surface area contributed by atoms with Gasteiger partial charge in [-0.2, -0.15) is 23.8 Å². The van der Waals surface area contributed by atoms with Gasteiger partial charge in [0.15, 0.2) is 0 Å². The Morgan fingerprint density at radius 3 is 2.43 bits per heavy atom. The maximum absolute atomic E-state index is 3.40. The standard InChI is InChI=1S/C13H14N/c1-2-6-12(7-3-1)10-14-11-13-8-4-5-9-13/h1-9,14H,10-11H2/q-1. The van der Waals surface area contributed by atoms with Crippen molar-refractivity contribution >= 4 is 0 Å². The van der Waals surface area contributed by atoms with Gasteiger partial charge in [-0.3, -0.25) is 0 Å². The second-order valence-electron chi connectivity index (χ2n) is 3.38. The van der Waals surface area contributed by atoms with E-state index in [1.54, 1.807) is 0 Å². The van der Waals surface area contributed by atoms with E-state index in [0.29, 0.717) is 0 Å². The van der Waals surface area contributed by atoms with Crippen LogP contribution in [0.5, 0.6) is 0 Å². The predicted molar refractivity (Wildman–Crippen MR) is 59.0 cm³/mol. The molecular weight excluding hydrogens is 170 g/mol. The van der Waals surface area contributed by atoms with Gasteiger partial charge in [0.05, 0.1) is 0 Å². The third-order valence-electron chi connectivity index (χ3n) is 2.23. The van der Waals surface area contributed by atoms with E-state index in [1.165, 1.54) is 11.1 Å². The lowest BCUT2D eigenvalue weighted by molar-refractivity contribution is 0.694. The first-order valence-corrected chi connectivity index (χ1v) is 4.90. The molecule has 1 heteroatoms. The van der Waals surface area contributed by atoms with E-state index in [0.717, 1.165) is 13.1 Å². The first kappa shape index (κ1) is 9.10. The van der Waals surface area contributed by atoms with Gasteiger partial charge in [-0.15, -0.1) is 0 Å². The molecule has 0 aliphatic carbocycles. The van der Waals surface area contributed by atoms with Crippen LogP contribution >= 0.6 is 0 Å². The molecule has 0 fully saturated rings. The molecule has 0 bridgehead atoms. The van der Waals surface area contributed by atoms with E-state index in [4.69, 9.17) is 0 Å². The van der Waals surface area contributed by atoms with Crippen LogP contribution in [0.4, 0.5) is 0 Å². The van der Waals surface area contributed by atoms with Gasteiger partial charge in [-0.1, -0.05) is 30.3 Å². The first-order valence-electron chi connectivity index (χ1n) is 4.90. The maximum atomic E-state index is 3.40. The molecule has 0 amide bonds. The summed E-state index contributed by atoms with van der Waals surface area (Å²) in [5.41, 5.74) is 2.68. The van der Waals surface area contributed by atoms with Crippen LogP contribution in [0.1, 0.15) is 11.1 Å². The summed E-state index contributed by atoms with van der Waals surface area (Å²) in [4.78, 5) is 0. The summed E-state index contributed by atoms with van der Waals surface area (Å²) >= 11 is 0. The topological polar surface area (TPSA) is 12.0 Å². The second-order valence-corrected chi connectivity index (χ2v) is 3.38. The zero-order chi connectivity index (χ0) is 9.64. The Morgan fingerprint density at radius 1 is 0.929 bits per heavy atom. The van der Waals surface area contributed by atoms with Gasteiger partial charge in [-0.25, -0.2) is 6.07 Å². The van der Waals surface area contributed by atoms with Gasteiger partial charge in [0.25, 0.3) is 0 Å². The highest BCUT2D eigenvalue weighted by atomic mass is 14.8. The summed E-state index contributed by atoms with van der Waals surface area (Å²) in [6.45, 7) is 1.88. The van der Waals surface area contributed by atoms with Gasteiger partial charge < -0.3 is 5.32 Å². The molecule has 0 atom stereocenters. The van der Waals surface area contributed by atoms with E-state index < -0.39 is 0 Å². The Labute approximate surface area is 84.8 Å². The fraction of sp³-hybridized carbons (Fsp3) is 0.154. The molecule has 0 aromatic heterocycles. The summed E-state index contributed by atoms with van der Waals surface area (Å²) in [6, 6.07) is 18.9. The molecular formula is C13H14N-. The average Bonchev–Trinajstić information content (AvgIpc) is 2.72. The Balaban J connectivity index is 1.79.